The fraction of sp³-hybridized carbons (Fsp3) is 0.677. The summed E-state index contributed by atoms with van der Waals surface area (Å²) in [5.74, 6) is -1.34. The molecule has 1 aromatic carbocycles. The number of nitrogens with two attached hydrogens (primary N) is 1. The number of hydrogen-bond acceptors (Lipinski definition) is 5. The van der Waals surface area contributed by atoms with Crippen LogP contribution in [0.25, 0.3) is 0 Å². The molecule has 0 aromatic heterocycles. The number of alkyl carbamates (subject to hydrolysis) is 1. The molecule has 40 heavy (non-hydrogen) atoms. The fourth-order valence-corrected chi connectivity index (χ4v) is 4.51. The summed E-state index contributed by atoms with van der Waals surface area (Å²) in [6.45, 7) is 15.3. The predicted octanol–water partition coefficient (Wildman–Crippen LogP) is 5.22. The van der Waals surface area contributed by atoms with E-state index in [9.17, 15) is 19.2 Å². The van der Waals surface area contributed by atoms with Gasteiger partial charge in [-0.3, -0.25) is 14.4 Å². The van der Waals surface area contributed by atoms with Crippen molar-refractivity contribution < 1.29 is 23.9 Å². The summed E-state index contributed by atoms with van der Waals surface area (Å²) in [4.78, 5) is 53.9. The molecule has 226 valence electrons. The van der Waals surface area contributed by atoms with Crippen LogP contribution >= 0.6 is 0 Å². The van der Waals surface area contributed by atoms with Gasteiger partial charge in [0.2, 0.25) is 17.7 Å². The average molecular weight is 561 g/mol. The van der Waals surface area contributed by atoms with Crippen molar-refractivity contribution in [1.82, 2.24) is 15.5 Å². The Kier molecular flexibility index (Phi) is 14.7. The Labute approximate surface area is 241 Å². The van der Waals surface area contributed by atoms with E-state index in [1.807, 2.05) is 45.9 Å². The van der Waals surface area contributed by atoms with Crippen molar-refractivity contribution >= 4 is 23.8 Å². The molecule has 2 unspecified atom stereocenters. The Hall–Kier alpha value is -3.10. The second-order valence-corrected chi connectivity index (χ2v) is 11.9. The van der Waals surface area contributed by atoms with E-state index < -0.39 is 35.6 Å². The van der Waals surface area contributed by atoms with Crippen molar-refractivity contribution in [2.45, 2.75) is 130 Å². The molecule has 0 aliphatic heterocycles. The van der Waals surface area contributed by atoms with Crippen LogP contribution in [-0.2, 0) is 19.1 Å². The van der Waals surface area contributed by atoms with Crippen molar-refractivity contribution in [3.63, 3.8) is 0 Å². The number of aryl methyl sites for hydroxylation is 1. The van der Waals surface area contributed by atoms with Gasteiger partial charge in [-0.25, -0.2) is 4.79 Å². The van der Waals surface area contributed by atoms with Crippen LogP contribution in [0.15, 0.2) is 18.2 Å². The summed E-state index contributed by atoms with van der Waals surface area (Å²) in [7, 11) is 0. The highest BCUT2D eigenvalue weighted by Crippen LogP contribution is 2.28. The lowest BCUT2D eigenvalue weighted by Crippen LogP contribution is -2.54. The number of carbonyl (C=O) groups excluding carboxylic acids is 4. The van der Waals surface area contributed by atoms with Gasteiger partial charge in [0.1, 0.15) is 17.7 Å². The zero-order valence-electron chi connectivity index (χ0n) is 25.9. The molecular formula is C31H52N4O5. The smallest absolute Gasteiger partial charge is 0.408 e. The van der Waals surface area contributed by atoms with Crippen LogP contribution in [0.5, 0.6) is 0 Å². The van der Waals surface area contributed by atoms with Gasteiger partial charge in [-0.2, -0.15) is 0 Å². The number of ether oxygens (including phenoxy) is 1. The summed E-state index contributed by atoms with van der Waals surface area (Å²) < 4.78 is 5.40. The maximum Gasteiger partial charge on any atom is 0.408 e. The number of hydrogen-bond donors (Lipinski definition) is 3. The highest BCUT2D eigenvalue weighted by atomic mass is 16.6. The molecule has 9 nitrogen and oxygen atoms in total. The molecule has 0 aliphatic carbocycles. The van der Waals surface area contributed by atoms with Gasteiger partial charge in [0.25, 0.3) is 0 Å². The summed E-state index contributed by atoms with van der Waals surface area (Å²) >= 11 is 0. The lowest BCUT2D eigenvalue weighted by Gasteiger charge is -2.35. The van der Waals surface area contributed by atoms with E-state index in [1.165, 1.54) is 0 Å². The van der Waals surface area contributed by atoms with Crippen LogP contribution in [0.3, 0.4) is 0 Å². The van der Waals surface area contributed by atoms with Gasteiger partial charge in [-0.1, -0.05) is 57.2 Å². The lowest BCUT2D eigenvalue weighted by atomic mass is 9.94. The van der Waals surface area contributed by atoms with Crippen molar-refractivity contribution in [3.8, 4) is 0 Å². The average Bonchev–Trinajstić information content (AvgIpc) is 2.83. The van der Waals surface area contributed by atoms with Gasteiger partial charge in [-0.15, -0.1) is 0 Å². The molecule has 0 saturated carbocycles. The zero-order chi connectivity index (χ0) is 30.5. The number of unbranched alkanes of at least 4 members (excludes halogenated alkanes) is 5. The first kappa shape index (κ1) is 34.9. The van der Waals surface area contributed by atoms with Crippen LogP contribution in [0.4, 0.5) is 4.79 Å². The Balaban J connectivity index is 3.53. The molecule has 0 saturated heterocycles. The van der Waals surface area contributed by atoms with E-state index in [4.69, 9.17) is 10.5 Å². The number of benzene rings is 1. The monoisotopic (exact) mass is 560 g/mol. The summed E-state index contributed by atoms with van der Waals surface area (Å²) in [6.07, 6.45) is 5.14. The van der Waals surface area contributed by atoms with Gasteiger partial charge in [-0.05, 0) is 78.0 Å². The molecule has 0 aliphatic rings. The number of primary amides is 1. The maximum absolute atomic E-state index is 14.2. The van der Waals surface area contributed by atoms with E-state index in [1.54, 1.807) is 25.7 Å². The molecule has 4 amide bonds. The Bertz CT molecular complexity index is 986. The van der Waals surface area contributed by atoms with Crippen molar-refractivity contribution in [3.05, 3.63) is 34.9 Å². The normalized spacial score (nSPS) is 12.9. The van der Waals surface area contributed by atoms with Gasteiger partial charge in [0, 0.05) is 19.0 Å². The number of nitrogens with one attached hydrogen (secondary N) is 2. The third kappa shape index (κ3) is 12.4. The van der Waals surface area contributed by atoms with Crippen LogP contribution in [0, 0.1) is 13.8 Å². The molecule has 2 atom stereocenters. The van der Waals surface area contributed by atoms with Gasteiger partial charge >= 0.3 is 6.09 Å². The fourth-order valence-electron chi connectivity index (χ4n) is 4.51. The van der Waals surface area contributed by atoms with Crippen molar-refractivity contribution in [2.75, 3.05) is 6.54 Å². The Morgan fingerprint density at radius 1 is 0.975 bits per heavy atom. The second-order valence-electron chi connectivity index (χ2n) is 11.9. The van der Waals surface area contributed by atoms with Gasteiger partial charge < -0.3 is 26.0 Å². The van der Waals surface area contributed by atoms with E-state index in [0.29, 0.717) is 13.0 Å². The standard InChI is InChI=1S/C31H52N4O5/c1-9-10-11-12-13-14-20-35(27(28(37)33-21(2)3)24-17-15-16-22(4)23(24)5)29(38)25(18-19-26(32)36)34-30(39)40-31(6,7)8/h15-17,21,25,27H,9-14,18-20H2,1-8H3,(H2,32,36)(H,33,37)(H,34,39). The zero-order valence-corrected chi connectivity index (χ0v) is 25.9. The largest absolute Gasteiger partial charge is 0.444 e. The van der Waals surface area contributed by atoms with E-state index in [0.717, 1.165) is 48.8 Å². The maximum atomic E-state index is 14.2. The quantitative estimate of drug-likeness (QED) is 0.239. The molecule has 4 N–H and O–H groups in total. The predicted molar refractivity (Wildman–Crippen MR) is 159 cm³/mol. The van der Waals surface area contributed by atoms with E-state index in [-0.39, 0.29) is 24.8 Å². The summed E-state index contributed by atoms with van der Waals surface area (Å²) in [5, 5.41) is 5.63. The molecular weight excluding hydrogens is 508 g/mol. The highest BCUT2D eigenvalue weighted by Gasteiger charge is 2.37. The van der Waals surface area contributed by atoms with Crippen LogP contribution in [0.2, 0.25) is 0 Å². The molecule has 0 spiro atoms. The third-order valence-electron chi connectivity index (χ3n) is 6.64. The van der Waals surface area contributed by atoms with E-state index >= 15 is 0 Å². The van der Waals surface area contributed by atoms with Gasteiger partial charge in [0.15, 0.2) is 0 Å². The Morgan fingerprint density at radius 2 is 1.60 bits per heavy atom. The molecule has 9 heteroatoms. The lowest BCUT2D eigenvalue weighted by molar-refractivity contribution is -0.143. The number of amides is 4. The minimum Gasteiger partial charge on any atom is -0.444 e. The summed E-state index contributed by atoms with van der Waals surface area (Å²) in [5.41, 5.74) is 7.27. The summed E-state index contributed by atoms with van der Waals surface area (Å²) in [6, 6.07) is 3.56. The minimum absolute atomic E-state index is 0.00821. The number of rotatable bonds is 16. The van der Waals surface area contributed by atoms with E-state index in [2.05, 4.69) is 17.6 Å². The first-order valence-electron chi connectivity index (χ1n) is 14.6. The first-order valence-corrected chi connectivity index (χ1v) is 14.6. The number of carbonyl (C=O) groups is 4. The SMILES string of the molecule is CCCCCCCCN(C(=O)C(CCC(N)=O)NC(=O)OC(C)(C)C)C(C(=O)NC(C)C)c1cccc(C)c1C. The van der Waals surface area contributed by atoms with Gasteiger partial charge in [0.05, 0.1) is 0 Å². The van der Waals surface area contributed by atoms with Crippen LogP contribution in [0.1, 0.15) is 116 Å². The number of nitrogens with zero attached hydrogens (tertiary/aromatic N) is 1. The molecule has 0 radical (unpaired) electrons. The molecule has 0 heterocycles. The topological polar surface area (TPSA) is 131 Å². The van der Waals surface area contributed by atoms with Crippen LogP contribution < -0.4 is 16.4 Å². The van der Waals surface area contributed by atoms with Crippen LogP contribution in [-0.4, -0.2) is 52.9 Å². The Morgan fingerprint density at radius 3 is 2.17 bits per heavy atom. The van der Waals surface area contributed by atoms with Crippen molar-refractivity contribution in [1.29, 1.82) is 0 Å². The minimum atomic E-state index is -1.10. The highest BCUT2D eigenvalue weighted by molar-refractivity contribution is 5.92. The van der Waals surface area contributed by atoms with Crippen molar-refractivity contribution in [2.24, 2.45) is 5.73 Å². The third-order valence-corrected chi connectivity index (χ3v) is 6.64. The molecule has 1 aromatic rings. The second kappa shape index (κ2) is 16.9. The first-order chi connectivity index (χ1) is 18.7. The molecule has 1 rings (SSSR count). The molecule has 0 bridgehead atoms. The molecule has 0 fully saturated rings.